The molecule has 20 heavy (non-hydrogen) atoms. The molecule has 0 atom stereocenters. The molecule has 0 spiro atoms. The Morgan fingerprint density at radius 3 is 2.70 bits per heavy atom. The van der Waals surface area contributed by atoms with Crippen molar-refractivity contribution in [1.82, 2.24) is 9.55 Å². The summed E-state index contributed by atoms with van der Waals surface area (Å²) in [7, 11) is 0. The van der Waals surface area contributed by atoms with Gasteiger partial charge >= 0.3 is 0 Å². The largest absolute Gasteiger partial charge is 0.323 e. The Morgan fingerprint density at radius 1 is 1.10 bits per heavy atom. The Morgan fingerprint density at radius 2 is 1.85 bits per heavy atom. The summed E-state index contributed by atoms with van der Waals surface area (Å²) < 4.78 is 1.95. The van der Waals surface area contributed by atoms with Gasteiger partial charge in [0.15, 0.2) is 5.78 Å². The number of fused-ring (bicyclic) bond motifs is 1. The van der Waals surface area contributed by atoms with E-state index in [4.69, 9.17) is 0 Å². The molecule has 2 aromatic rings. The van der Waals surface area contributed by atoms with Gasteiger partial charge in [-0.05, 0) is 18.6 Å². The average Bonchev–Trinajstić information content (AvgIpc) is 2.86. The highest BCUT2D eigenvalue weighted by Crippen LogP contribution is 2.13. The normalized spacial score (nSPS) is 11.1. The first kappa shape index (κ1) is 14.8. The fourth-order valence-corrected chi connectivity index (χ4v) is 2.51. The van der Waals surface area contributed by atoms with Gasteiger partial charge in [0, 0.05) is 6.42 Å². The molecule has 1 aromatic heterocycles. The zero-order valence-electron chi connectivity index (χ0n) is 12.3. The molecule has 0 aliphatic heterocycles. The van der Waals surface area contributed by atoms with E-state index in [0.29, 0.717) is 18.7 Å². The van der Waals surface area contributed by atoms with E-state index in [9.17, 15) is 4.79 Å². The van der Waals surface area contributed by atoms with E-state index in [0.717, 1.165) is 17.5 Å². The number of benzene rings is 1. The van der Waals surface area contributed by atoms with Crippen LogP contribution in [0.4, 0.5) is 0 Å². The smallest absolute Gasteiger partial charge is 0.152 e. The van der Waals surface area contributed by atoms with Crippen LogP contribution < -0.4 is 0 Å². The molecule has 0 unspecified atom stereocenters. The van der Waals surface area contributed by atoms with E-state index in [1.165, 1.54) is 32.1 Å². The fourth-order valence-electron chi connectivity index (χ4n) is 2.51. The number of nitrogens with zero attached hydrogens (tertiary/aromatic N) is 2. The van der Waals surface area contributed by atoms with Gasteiger partial charge in [-0.1, -0.05) is 51.2 Å². The van der Waals surface area contributed by atoms with E-state index >= 15 is 0 Å². The lowest BCUT2D eigenvalue weighted by Gasteiger charge is -2.04. The molecule has 1 heterocycles. The van der Waals surface area contributed by atoms with Crippen molar-refractivity contribution in [3.8, 4) is 0 Å². The number of carbonyl (C=O) groups is 1. The van der Waals surface area contributed by atoms with Gasteiger partial charge in [-0.15, -0.1) is 0 Å². The SMILES string of the molecule is CCCCCCCCC(=O)Cn1cnc2ccccc21. The molecule has 0 aliphatic rings. The molecule has 0 aliphatic carbocycles. The van der Waals surface area contributed by atoms with Gasteiger partial charge in [0.05, 0.1) is 23.9 Å². The molecule has 1 aromatic carbocycles. The maximum absolute atomic E-state index is 12.0. The molecule has 2 rings (SSSR count). The van der Waals surface area contributed by atoms with E-state index in [2.05, 4.69) is 11.9 Å². The number of unbranched alkanes of at least 4 members (excludes halogenated alkanes) is 5. The van der Waals surface area contributed by atoms with Crippen molar-refractivity contribution in [3.05, 3.63) is 30.6 Å². The molecule has 108 valence electrons. The number of hydrogen-bond donors (Lipinski definition) is 0. The lowest BCUT2D eigenvalue weighted by atomic mass is 10.1. The van der Waals surface area contributed by atoms with Crippen LogP contribution in [-0.4, -0.2) is 15.3 Å². The number of hydrogen-bond acceptors (Lipinski definition) is 2. The van der Waals surface area contributed by atoms with Crippen molar-refractivity contribution in [2.24, 2.45) is 0 Å². The van der Waals surface area contributed by atoms with Crippen LogP contribution in [0.25, 0.3) is 11.0 Å². The standard InChI is InChI=1S/C17H24N2O/c1-2-3-4-5-6-7-10-15(20)13-19-14-18-16-11-8-9-12-17(16)19/h8-9,11-12,14H,2-7,10,13H2,1H3. The van der Waals surface area contributed by atoms with Crippen molar-refractivity contribution < 1.29 is 4.79 Å². The summed E-state index contributed by atoms with van der Waals surface area (Å²) >= 11 is 0. The molecular weight excluding hydrogens is 248 g/mol. The van der Waals surface area contributed by atoms with Crippen LogP contribution in [0.15, 0.2) is 30.6 Å². The maximum Gasteiger partial charge on any atom is 0.152 e. The molecule has 0 saturated heterocycles. The minimum atomic E-state index is 0.309. The van der Waals surface area contributed by atoms with Crippen LogP contribution >= 0.6 is 0 Å². The fraction of sp³-hybridized carbons (Fsp3) is 0.529. The lowest BCUT2D eigenvalue weighted by molar-refractivity contribution is -0.119. The zero-order chi connectivity index (χ0) is 14.2. The maximum atomic E-state index is 12.0. The number of aromatic nitrogens is 2. The first-order chi connectivity index (χ1) is 9.81. The van der Waals surface area contributed by atoms with Gasteiger partial charge in [-0.25, -0.2) is 4.98 Å². The molecule has 0 N–H and O–H groups in total. The summed E-state index contributed by atoms with van der Waals surface area (Å²) in [4.78, 5) is 16.3. The second-order valence-electron chi connectivity index (χ2n) is 5.42. The zero-order valence-corrected chi connectivity index (χ0v) is 12.3. The van der Waals surface area contributed by atoms with Crippen LogP contribution in [0.1, 0.15) is 51.9 Å². The van der Waals surface area contributed by atoms with Crippen LogP contribution in [0.2, 0.25) is 0 Å². The van der Waals surface area contributed by atoms with Gasteiger partial charge < -0.3 is 4.57 Å². The lowest BCUT2D eigenvalue weighted by Crippen LogP contribution is -2.08. The first-order valence-corrected chi connectivity index (χ1v) is 7.73. The molecule has 3 nitrogen and oxygen atoms in total. The summed E-state index contributed by atoms with van der Waals surface area (Å²) in [5.41, 5.74) is 2.00. The number of carbonyl (C=O) groups excluding carboxylic acids is 1. The Balaban J connectivity index is 1.74. The Bertz CT molecular complexity index is 545. The Hall–Kier alpha value is -1.64. The van der Waals surface area contributed by atoms with Crippen molar-refractivity contribution in [3.63, 3.8) is 0 Å². The molecular formula is C17H24N2O. The molecule has 0 saturated carbocycles. The second kappa shape index (κ2) is 7.83. The number of para-hydroxylation sites is 2. The minimum absolute atomic E-state index is 0.309. The van der Waals surface area contributed by atoms with E-state index in [-0.39, 0.29) is 0 Å². The highest BCUT2D eigenvalue weighted by molar-refractivity contribution is 5.81. The first-order valence-electron chi connectivity index (χ1n) is 7.73. The quantitative estimate of drug-likeness (QED) is 0.636. The van der Waals surface area contributed by atoms with Crippen LogP contribution in [0.5, 0.6) is 0 Å². The van der Waals surface area contributed by atoms with E-state index < -0.39 is 0 Å². The number of rotatable bonds is 9. The third-order valence-electron chi connectivity index (χ3n) is 3.68. The Labute approximate surface area is 121 Å². The summed E-state index contributed by atoms with van der Waals surface area (Å²) in [5.74, 6) is 0.309. The van der Waals surface area contributed by atoms with E-state index in [1.54, 1.807) is 6.33 Å². The van der Waals surface area contributed by atoms with Crippen molar-refractivity contribution in [2.75, 3.05) is 0 Å². The molecule has 0 radical (unpaired) electrons. The predicted octanol–water partition coefficient (Wildman–Crippen LogP) is 4.36. The van der Waals surface area contributed by atoms with E-state index in [1.807, 2.05) is 28.8 Å². The van der Waals surface area contributed by atoms with Crippen LogP contribution in [0, 0.1) is 0 Å². The summed E-state index contributed by atoms with van der Waals surface area (Å²) in [6, 6.07) is 7.95. The molecule has 0 fully saturated rings. The van der Waals surface area contributed by atoms with Gasteiger partial charge in [-0.2, -0.15) is 0 Å². The highest BCUT2D eigenvalue weighted by atomic mass is 16.1. The third kappa shape index (κ3) is 4.19. The second-order valence-corrected chi connectivity index (χ2v) is 5.42. The average molecular weight is 272 g/mol. The highest BCUT2D eigenvalue weighted by Gasteiger charge is 2.06. The van der Waals surface area contributed by atoms with Crippen molar-refractivity contribution in [2.45, 2.75) is 58.4 Å². The van der Waals surface area contributed by atoms with Gasteiger partial charge in [0.2, 0.25) is 0 Å². The molecule has 0 amide bonds. The number of ketones is 1. The molecule has 3 heteroatoms. The van der Waals surface area contributed by atoms with Gasteiger partial charge in [-0.3, -0.25) is 4.79 Å². The van der Waals surface area contributed by atoms with Gasteiger partial charge in [0.1, 0.15) is 0 Å². The van der Waals surface area contributed by atoms with Crippen molar-refractivity contribution in [1.29, 1.82) is 0 Å². The molecule has 0 bridgehead atoms. The van der Waals surface area contributed by atoms with Crippen LogP contribution in [0.3, 0.4) is 0 Å². The summed E-state index contributed by atoms with van der Waals surface area (Å²) in [5, 5.41) is 0. The number of imidazole rings is 1. The minimum Gasteiger partial charge on any atom is -0.323 e. The summed E-state index contributed by atoms with van der Waals surface area (Å²) in [6.07, 6.45) is 9.81. The van der Waals surface area contributed by atoms with Gasteiger partial charge in [0.25, 0.3) is 0 Å². The summed E-state index contributed by atoms with van der Waals surface area (Å²) in [6.45, 7) is 2.68. The topological polar surface area (TPSA) is 34.9 Å². The predicted molar refractivity (Wildman–Crippen MR) is 82.7 cm³/mol. The van der Waals surface area contributed by atoms with Crippen LogP contribution in [-0.2, 0) is 11.3 Å². The number of Topliss-reactive ketones (excluding diaryl/α,β-unsaturated/α-hetero) is 1. The third-order valence-corrected chi connectivity index (χ3v) is 3.68. The monoisotopic (exact) mass is 272 g/mol. The van der Waals surface area contributed by atoms with Crippen molar-refractivity contribution >= 4 is 16.8 Å². The Kier molecular flexibility index (Phi) is 5.78.